The number of hydrogen-bond donors (Lipinski definition) is 0. The van der Waals surface area contributed by atoms with Crippen molar-refractivity contribution in [1.82, 2.24) is 0 Å². The van der Waals surface area contributed by atoms with Crippen molar-refractivity contribution in [2.24, 2.45) is 0 Å². The maximum absolute atomic E-state index is 11.4. The highest BCUT2D eigenvalue weighted by molar-refractivity contribution is 6.82. The summed E-state index contributed by atoms with van der Waals surface area (Å²) in [4.78, 5) is 22.6. The number of carbonyl (C=O) groups is 2. The topological polar surface area (TPSA) is 98.8 Å². The maximum atomic E-state index is 11.4. The lowest BCUT2D eigenvalue weighted by molar-refractivity contribution is -0.139. The van der Waals surface area contributed by atoms with Crippen LogP contribution in [0.5, 0.6) is 0 Å². The molecule has 232 valence electrons. The molecule has 2 aliphatic heterocycles. The van der Waals surface area contributed by atoms with Crippen molar-refractivity contribution in [3.63, 3.8) is 0 Å². The molecule has 9 nitrogen and oxygen atoms in total. The summed E-state index contributed by atoms with van der Waals surface area (Å²) in [6.07, 6.45) is 3.13. The van der Waals surface area contributed by atoms with Crippen LogP contribution < -0.4 is 0 Å². The molecule has 2 rings (SSSR count). The van der Waals surface area contributed by atoms with Crippen LogP contribution in [0.4, 0.5) is 0 Å². The molecule has 2 heterocycles. The van der Waals surface area contributed by atoms with Crippen molar-refractivity contribution in [2.45, 2.75) is 90.1 Å². The van der Waals surface area contributed by atoms with Crippen molar-refractivity contribution >= 4 is 55.2 Å². The average molecular weight is 651 g/mol. The van der Waals surface area contributed by atoms with Crippen LogP contribution in [0.15, 0.2) is 24.3 Å². The standard InChI is InChI=1S/C14H30O5Si3.C12H24O4Si2/c1-13(2)14(15)17-8-7-10-22(6)12-16-9-11-21(4,5)18-20(3)19-22;1-11(2)12(13)15-6-5-9-18(4)10-14-7-8-17(3)16-18/h20H,1,7-12H2,2-6H3;17H,1,5-10H2,2-4H3. The molecule has 14 heteroatoms. The van der Waals surface area contributed by atoms with Gasteiger partial charge < -0.3 is 31.3 Å². The van der Waals surface area contributed by atoms with E-state index in [1.807, 2.05) is 0 Å². The molecule has 0 aliphatic carbocycles. The Balaban J connectivity index is 0.000000408. The Bertz CT molecular complexity index is 843. The predicted molar refractivity (Wildman–Crippen MR) is 172 cm³/mol. The molecule has 0 amide bonds. The van der Waals surface area contributed by atoms with Crippen molar-refractivity contribution in [1.29, 1.82) is 0 Å². The second-order valence-corrected chi connectivity index (χ2v) is 29.6. The average Bonchev–Trinajstić information content (AvgIpc) is 2.98. The van der Waals surface area contributed by atoms with Crippen LogP contribution >= 0.6 is 0 Å². The van der Waals surface area contributed by atoms with Gasteiger partial charge in [0, 0.05) is 24.4 Å². The number of hydrogen-bond acceptors (Lipinski definition) is 9. The highest BCUT2D eigenvalue weighted by Crippen LogP contribution is 2.23. The van der Waals surface area contributed by atoms with Gasteiger partial charge in [0.25, 0.3) is 9.28 Å². The number of rotatable bonds is 10. The molecule has 0 aromatic carbocycles. The van der Waals surface area contributed by atoms with Crippen LogP contribution in [0.1, 0.15) is 26.7 Å². The lowest BCUT2D eigenvalue weighted by atomic mass is 10.4. The first kappa shape index (κ1) is 37.3. The zero-order valence-electron chi connectivity index (χ0n) is 26.2. The molecular weight excluding hydrogens is 597 g/mol. The second kappa shape index (κ2) is 18.1. The van der Waals surface area contributed by atoms with Gasteiger partial charge in [-0.2, -0.15) is 0 Å². The van der Waals surface area contributed by atoms with Crippen LogP contribution in [-0.2, 0) is 40.9 Å². The van der Waals surface area contributed by atoms with E-state index in [2.05, 4.69) is 52.4 Å². The third-order valence-corrected chi connectivity index (χ3v) is 24.9. The first-order chi connectivity index (χ1) is 18.6. The summed E-state index contributed by atoms with van der Waals surface area (Å²) in [5.74, 6) is -0.625. The minimum Gasteiger partial charge on any atom is -0.462 e. The first-order valence-corrected chi connectivity index (χ1v) is 27.7. The Morgan fingerprint density at radius 1 is 0.775 bits per heavy atom. The van der Waals surface area contributed by atoms with Crippen LogP contribution in [0.25, 0.3) is 0 Å². The molecule has 4 unspecified atom stereocenters. The van der Waals surface area contributed by atoms with E-state index < -0.39 is 43.3 Å². The lowest BCUT2D eigenvalue weighted by Gasteiger charge is -2.31. The van der Waals surface area contributed by atoms with Gasteiger partial charge in [0.2, 0.25) is 16.6 Å². The van der Waals surface area contributed by atoms with E-state index >= 15 is 0 Å². The fraction of sp³-hybridized carbons (Fsp3) is 0.769. The van der Waals surface area contributed by atoms with Crippen LogP contribution in [0, 0.1) is 0 Å². The molecule has 0 spiro atoms. The van der Waals surface area contributed by atoms with Crippen LogP contribution in [0.2, 0.25) is 63.5 Å². The molecule has 0 aromatic rings. The third-order valence-electron chi connectivity index (χ3n) is 6.62. The zero-order valence-corrected chi connectivity index (χ0v) is 31.5. The van der Waals surface area contributed by atoms with Crippen molar-refractivity contribution in [2.75, 3.05) is 38.9 Å². The predicted octanol–water partition coefficient (Wildman–Crippen LogP) is 4.74. The fourth-order valence-corrected chi connectivity index (χ4v) is 22.5. The third kappa shape index (κ3) is 16.1. The monoisotopic (exact) mass is 650 g/mol. The van der Waals surface area contributed by atoms with Gasteiger partial charge in [0.1, 0.15) is 0 Å². The Hall–Kier alpha value is -0.696. The summed E-state index contributed by atoms with van der Waals surface area (Å²) >= 11 is 0. The van der Waals surface area contributed by atoms with Crippen molar-refractivity contribution < 1.29 is 40.9 Å². The van der Waals surface area contributed by atoms with Gasteiger partial charge in [-0.1, -0.05) is 13.2 Å². The van der Waals surface area contributed by atoms with Gasteiger partial charge >= 0.3 is 11.9 Å². The molecule has 2 saturated heterocycles. The first-order valence-electron chi connectivity index (χ1n) is 14.4. The van der Waals surface area contributed by atoms with Gasteiger partial charge in [-0.05, 0) is 90.1 Å². The fourth-order valence-electron chi connectivity index (χ4n) is 4.42. The summed E-state index contributed by atoms with van der Waals surface area (Å²) in [5, 5.41) is 0. The number of ether oxygens (including phenoxy) is 4. The summed E-state index contributed by atoms with van der Waals surface area (Å²) in [5.41, 5.74) is 0.889. The van der Waals surface area contributed by atoms with E-state index in [1.165, 1.54) is 0 Å². The van der Waals surface area contributed by atoms with Crippen LogP contribution in [0.3, 0.4) is 0 Å². The normalized spacial score (nSPS) is 28.8. The van der Waals surface area contributed by atoms with E-state index in [4.69, 9.17) is 31.3 Å². The molecule has 0 bridgehead atoms. The molecule has 2 fully saturated rings. The molecule has 0 N–H and O–H groups in total. The van der Waals surface area contributed by atoms with Crippen molar-refractivity contribution in [3.8, 4) is 0 Å². The Morgan fingerprint density at radius 2 is 1.25 bits per heavy atom. The largest absolute Gasteiger partial charge is 0.462 e. The quantitative estimate of drug-likeness (QED) is 0.144. The summed E-state index contributed by atoms with van der Waals surface area (Å²) in [7, 11) is -7.97. The minimum atomic E-state index is -1.95. The van der Waals surface area contributed by atoms with Gasteiger partial charge in [0.15, 0.2) is 17.4 Å². The molecule has 0 radical (unpaired) electrons. The highest BCUT2D eigenvalue weighted by Gasteiger charge is 2.37. The highest BCUT2D eigenvalue weighted by atomic mass is 28.4. The Kier molecular flexibility index (Phi) is 16.9. The molecule has 0 aromatic heterocycles. The summed E-state index contributed by atoms with van der Waals surface area (Å²) < 4.78 is 40.6. The molecular formula is C26H54O9Si5. The minimum absolute atomic E-state index is 0.303. The molecule has 2 aliphatic rings. The molecule has 0 saturated carbocycles. The van der Waals surface area contributed by atoms with E-state index in [0.717, 1.165) is 56.5 Å². The van der Waals surface area contributed by atoms with Gasteiger partial charge in [-0.3, -0.25) is 0 Å². The van der Waals surface area contributed by atoms with Crippen molar-refractivity contribution in [3.05, 3.63) is 24.3 Å². The lowest BCUT2D eigenvalue weighted by Crippen LogP contribution is -2.47. The number of esters is 2. The zero-order chi connectivity index (χ0) is 30.4. The summed E-state index contributed by atoms with van der Waals surface area (Å²) in [6.45, 7) is 26.1. The van der Waals surface area contributed by atoms with Gasteiger partial charge in [-0.25, -0.2) is 9.59 Å². The summed E-state index contributed by atoms with van der Waals surface area (Å²) in [6, 6.07) is 4.04. The Labute approximate surface area is 248 Å². The second-order valence-electron chi connectivity index (χ2n) is 12.1. The van der Waals surface area contributed by atoms with E-state index in [1.54, 1.807) is 13.8 Å². The smallest absolute Gasteiger partial charge is 0.333 e. The maximum Gasteiger partial charge on any atom is 0.333 e. The van der Waals surface area contributed by atoms with E-state index in [9.17, 15) is 9.59 Å². The molecule has 4 atom stereocenters. The SMILES string of the molecule is C=C(C)C(=O)OCCC[Si]1(C)COCC[SiH](C)O1.C=C(C)C(=O)OCCC[Si]1(C)COCC[Si](C)(C)O[SiH](C)O1. The Morgan fingerprint density at radius 3 is 1.75 bits per heavy atom. The van der Waals surface area contributed by atoms with E-state index in [0.29, 0.717) is 30.6 Å². The van der Waals surface area contributed by atoms with E-state index in [-0.39, 0.29) is 11.9 Å². The van der Waals surface area contributed by atoms with Gasteiger partial charge in [-0.15, -0.1) is 0 Å². The van der Waals surface area contributed by atoms with Gasteiger partial charge in [0.05, 0.1) is 25.7 Å². The molecule has 40 heavy (non-hydrogen) atoms. The number of carbonyl (C=O) groups excluding carboxylic acids is 2. The van der Waals surface area contributed by atoms with Crippen LogP contribution in [-0.4, -0.2) is 94.1 Å².